The van der Waals surface area contributed by atoms with Gasteiger partial charge in [0, 0.05) is 17.5 Å². The van der Waals surface area contributed by atoms with Gasteiger partial charge < -0.3 is 14.4 Å². The smallest absolute Gasteiger partial charge is 0.338 e. The Hall–Kier alpha value is -2.41. The van der Waals surface area contributed by atoms with Crippen molar-refractivity contribution in [1.82, 2.24) is 9.88 Å². The molecule has 1 aromatic heterocycles. The van der Waals surface area contributed by atoms with E-state index in [0.29, 0.717) is 17.9 Å². The van der Waals surface area contributed by atoms with Gasteiger partial charge >= 0.3 is 5.97 Å². The van der Waals surface area contributed by atoms with E-state index in [0.717, 1.165) is 30.0 Å². The maximum atomic E-state index is 12.5. The molecule has 0 N–H and O–H groups in total. The van der Waals surface area contributed by atoms with Crippen LogP contribution in [0.15, 0.2) is 29.6 Å². The molecule has 1 saturated heterocycles. The van der Waals surface area contributed by atoms with Crippen LogP contribution in [-0.4, -0.2) is 40.5 Å². The zero-order chi connectivity index (χ0) is 20.1. The van der Waals surface area contributed by atoms with Gasteiger partial charge in [0.2, 0.25) is 0 Å². The minimum atomic E-state index is -0.507. The second-order valence-corrected chi connectivity index (χ2v) is 8.24. The number of hydrogen-bond donors (Lipinski definition) is 0. The van der Waals surface area contributed by atoms with Gasteiger partial charge in [-0.05, 0) is 64.3 Å². The van der Waals surface area contributed by atoms with Crippen LogP contribution in [-0.2, 0) is 16.1 Å². The monoisotopic (exact) mass is 402 g/mol. The predicted molar refractivity (Wildman–Crippen MR) is 108 cm³/mol. The maximum Gasteiger partial charge on any atom is 0.338 e. The van der Waals surface area contributed by atoms with Crippen molar-refractivity contribution in [3.8, 4) is 5.75 Å². The molecule has 1 aliphatic rings. The quantitative estimate of drug-likeness (QED) is 0.684. The molecule has 150 valence electrons. The summed E-state index contributed by atoms with van der Waals surface area (Å²) in [6, 6.07) is 7.08. The van der Waals surface area contributed by atoms with E-state index >= 15 is 0 Å². The number of aromatic nitrogens is 1. The summed E-state index contributed by atoms with van der Waals surface area (Å²) in [7, 11) is 0. The van der Waals surface area contributed by atoms with E-state index in [1.807, 2.05) is 31.1 Å². The molecular weight excluding hydrogens is 376 g/mol. The molecule has 2 atom stereocenters. The zero-order valence-corrected chi connectivity index (χ0v) is 17.3. The number of hydrogen-bond acceptors (Lipinski definition) is 6. The molecule has 0 aliphatic carbocycles. The standard InChI is InChI=1S/C21H26N2O4S/c1-14-5-4-6-15(2)23(14)20(24)12-27-21(25)17-7-9-19(10-8-17)26-11-18-13-28-16(3)22-18/h7-10,13-15H,4-6,11-12H2,1-3H3/t14-,15+. The number of benzene rings is 1. The summed E-state index contributed by atoms with van der Waals surface area (Å²) >= 11 is 1.58. The summed E-state index contributed by atoms with van der Waals surface area (Å²) in [5, 5.41) is 2.96. The highest BCUT2D eigenvalue weighted by atomic mass is 32.1. The van der Waals surface area contributed by atoms with Crippen LogP contribution in [0.25, 0.3) is 0 Å². The number of carbonyl (C=O) groups is 2. The van der Waals surface area contributed by atoms with Crippen molar-refractivity contribution in [1.29, 1.82) is 0 Å². The first-order valence-electron chi connectivity index (χ1n) is 9.56. The molecule has 1 fully saturated rings. The highest BCUT2D eigenvalue weighted by Gasteiger charge is 2.29. The minimum Gasteiger partial charge on any atom is -0.487 e. The topological polar surface area (TPSA) is 68.7 Å². The van der Waals surface area contributed by atoms with Gasteiger partial charge in [-0.15, -0.1) is 11.3 Å². The molecule has 1 aromatic carbocycles. The van der Waals surface area contributed by atoms with Crippen molar-refractivity contribution < 1.29 is 19.1 Å². The van der Waals surface area contributed by atoms with Gasteiger partial charge in [0.25, 0.3) is 5.91 Å². The van der Waals surface area contributed by atoms with Crippen LogP contribution in [0.2, 0.25) is 0 Å². The van der Waals surface area contributed by atoms with E-state index in [1.54, 1.807) is 35.6 Å². The number of thiazole rings is 1. The fraction of sp³-hybridized carbons (Fsp3) is 0.476. The average molecular weight is 403 g/mol. The number of carbonyl (C=O) groups excluding carboxylic acids is 2. The summed E-state index contributed by atoms with van der Waals surface area (Å²) in [5.41, 5.74) is 1.27. The van der Waals surface area contributed by atoms with Gasteiger partial charge in [-0.2, -0.15) is 0 Å². The molecule has 7 heteroatoms. The van der Waals surface area contributed by atoms with Crippen molar-refractivity contribution in [2.24, 2.45) is 0 Å². The number of nitrogens with zero attached hydrogens (tertiary/aromatic N) is 2. The second kappa shape index (κ2) is 9.19. The number of likely N-dealkylation sites (tertiary alicyclic amines) is 1. The molecule has 2 aromatic rings. The zero-order valence-electron chi connectivity index (χ0n) is 16.5. The second-order valence-electron chi connectivity index (χ2n) is 7.18. The van der Waals surface area contributed by atoms with Crippen LogP contribution in [0.3, 0.4) is 0 Å². The van der Waals surface area contributed by atoms with Crippen LogP contribution in [0, 0.1) is 6.92 Å². The SMILES string of the molecule is Cc1nc(COc2ccc(C(=O)OCC(=O)N3[C@H](C)CCC[C@@H]3C)cc2)cs1. The van der Waals surface area contributed by atoms with E-state index in [1.165, 1.54) is 0 Å². The Labute approximate surface area is 169 Å². The van der Waals surface area contributed by atoms with Gasteiger partial charge in [-0.25, -0.2) is 9.78 Å². The number of rotatable bonds is 6. The summed E-state index contributed by atoms with van der Waals surface area (Å²) < 4.78 is 10.9. The van der Waals surface area contributed by atoms with Crippen LogP contribution in [0.4, 0.5) is 0 Å². The Morgan fingerprint density at radius 3 is 2.46 bits per heavy atom. The molecular formula is C21H26N2O4S. The van der Waals surface area contributed by atoms with Gasteiger partial charge in [0.05, 0.1) is 16.3 Å². The normalized spacial score (nSPS) is 19.3. The highest BCUT2D eigenvalue weighted by Crippen LogP contribution is 2.22. The van der Waals surface area contributed by atoms with Crippen LogP contribution in [0.1, 0.15) is 54.2 Å². The lowest BCUT2D eigenvalue weighted by Gasteiger charge is -2.38. The first-order valence-corrected chi connectivity index (χ1v) is 10.4. The summed E-state index contributed by atoms with van der Waals surface area (Å²) in [6.07, 6.45) is 3.11. The third-order valence-corrected chi connectivity index (χ3v) is 5.77. The molecule has 0 saturated carbocycles. The molecule has 1 aliphatic heterocycles. The first-order chi connectivity index (χ1) is 13.4. The molecule has 6 nitrogen and oxygen atoms in total. The average Bonchev–Trinajstić information content (AvgIpc) is 3.10. The van der Waals surface area contributed by atoms with Gasteiger partial charge in [-0.3, -0.25) is 4.79 Å². The Kier molecular flexibility index (Phi) is 6.67. The molecule has 28 heavy (non-hydrogen) atoms. The predicted octanol–water partition coefficient (Wildman–Crippen LogP) is 3.98. The number of piperidine rings is 1. The lowest BCUT2D eigenvalue weighted by atomic mass is 9.97. The summed E-state index contributed by atoms with van der Waals surface area (Å²) in [5.74, 6) is 0.00754. The van der Waals surface area contributed by atoms with E-state index in [-0.39, 0.29) is 24.6 Å². The molecule has 0 unspecified atom stereocenters. The minimum absolute atomic E-state index is 0.133. The molecule has 1 amide bonds. The van der Waals surface area contributed by atoms with Crippen molar-refractivity contribution >= 4 is 23.2 Å². The van der Waals surface area contributed by atoms with Crippen molar-refractivity contribution in [3.63, 3.8) is 0 Å². The molecule has 0 spiro atoms. The largest absolute Gasteiger partial charge is 0.487 e. The van der Waals surface area contributed by atoms with Crippen LogP contribution < -0.4 is 4.74 Å². The molecule has 3 rings (SSSR count). The number of amides is 1. The maximum absolute atomic E-state index is 12.5. The fourth-order valence-corrected chi connectivity index (χ4v) is 4.11. The summed E-state index contributed by atoms with van der Waals surface area (Å²) in [6.45, 7) is 6.19. The van der Waals surface area contributed by atoms with Crippen LogP contribution >= 0.6 is 11.3 Å². The Balaban J connectivity index is 1.49. The van der Waals surface area contributed by atoms with E-state index in [9.17, 15) is 9.59 Å². The molecule has 0 bridgehead atoms. The molecule has 2 heterocycles. The fourth-order valence-electron chi connectivity index (χ4n) is 3.52. The lowest BCUT2D eigenvalue weighted by Crippen LogP contribution is -2.49. The molecule has 0 radical (unpaired) electrons. The number of aryl methyl sites for hydroxylation is 1. The number of esters is 1. The van der Waals surface area contributed by atoms with E-state index < -0.39 is 5.97 Å². The number of ether oxygens (including phenoxy) is 2. The van der Waals surface area contributed by atoms with Crippen molar-refractivity contribution in [3.05, 3.63) is 45.9 Å². The third kappa shape index (κ3) is 5.10. The first kappa shape index (κ1) is 20.3. The Morgan fingerprint density at radius 2 is 1.86 bits per heavy atom. The van der Waals surface area contributed by atoms with Crippen molar-refractivity contribution in [2.75, 3.05) is 6.61 Å². The Bertz CT molecular complexity index is 808. The van der Waals surface area contributed by atoms with E-state index in [2.05, 4.69) is 4.98 Å². The van der Waals surface area contributed by atoms with Gasteiger partial charge in [-0.1, -0.05) is 0 Å². The van der Waals surface area contributed by atoms with Crippen LogP contribution in [0.5, 0.6) is 5.75 Å². The Morgan fingerprint density at radius 1 is 1.18 bits per heavy atom. The highest BCUT2D eigenvalue weighted by molar-refractivity contribution is 7.09. The van der Waals surface area contributed by atoms with E-state index in [4.69, 9.17) is 9.47 Å². The summed E-state index contributed by atoms with van der Waals surface area (Å²) in [4.78, 5) is 30.9. The van der Waals surface area contributed by atoms with Gasteiger partial charge in [0.1, 0.15) is 12.4 Å². The van der Waals surface area contributed by atoms with Crippen molar-refractivity contribution in [2.45, 2.75) is 58.7 Å². The lowest BCUT2D eigenvalue weighted by molar-refractivity contribution is -0.140. The third-order valence-electron chi connectivity index (χ3n) is 4.95. The van der Waals surface area contributed by atoms with Gasteiger partial charge in [0.15, 0.2) is 6.61 Å².